The van der Waals surface area contributed by atoms with Gasteiger partial charge in [-0.1, -0.05) is 15.9 Å². The standard InChI is InChI=1S/C9H10Br2N4O/c1-16-8-5(4-14-15-9(12)13)2-6(10)3-7(8)11/h2-4H,1H3,(H4,12,13,15)/b14-4+. The van der Waals surface area contributed by atoms with Crippen LogP contribution in [0.5, 0.6) is 5.75 Å². The third kappa shape index (κ3) is 3.49. The molecule has 0 fully saturated rings. The maximum absolute atomic E-state index is 5.22. The molecule has 4 N–H and O–H groups in total. The molecule has 0 saturated carbocycles. The van der Waals surface area contributed by atoms with Gasteiger partial charge in [-0.15, -0.1) is 5.10 Å². The van der Waals surface area contributed by atoms with Gasteiger partial charge in [-0.05, 0) is 28.1 Å². The van der Waals surface area contributed by atoms with Crippen molar-refractivity contribution in [3.8, 4) is 5.75 Å². The first-order valence-corrected chi connectivity index (χ1v) is 5.78. The van der Waals surface area contributed by atoms with Gasteiger partial charge in [0.05, 0.1) is 17.8 Å². The minimum absolute atomic E-state index is 0.0933. The van der Waals surface area contributed by atoms with Gasteiger partial charge >= 0.3 is 0 Å². The van der Waals surface area contributed by atoms with Gasteiger partial charge in [-0.2, -0.15) is 5.10 Å². The Balaban J connectivity index is 3.12. The largest absolute Gasteiger partial charge is 0.495 e. The molecule has 0 aliphatic heterocycles. The Hall–Kier alpha value is -1.08. The molecular formula is C9H10Br2N4O. The van der Waals surface area contributed by atoms with Crippen LogP contribution in [0.4, 0.5) is 0 Å². The fraction of sp³-hybridized carbons (Fsp3) is 0.111. The molecule has 0 aromatic heterocycles. The van der Waals surface area contributed by atoms with Crippen molar-refractivity contribution in [2.24, 2.45) is 21.7 Å². The van der Waals surface area contributed by atoms with Crippen molar-refractivity contribution in [1.29, 1.82) is 0 Å². The molecule has 0 saturated heterocycles. The Labute approximate surface area is 110 Å². The lowest BCUT2D eigenvalue weighted by molar-refractivity contribution is 0.411. The molecule has 0 radical (unpaired) electrons. The predicted octanol–water partition coefficient (Wildman–Crippen LogP) is 1.83. The predicted molar refractivity (Wildman–Crippen MR) is 71.8 cm³/mol. The zero-order valence-corrected chi connectivity index (χ0v) is 11.6. The van der Waals surface area contributed by atoms with Crippen molar-refractivity contribution in [1.82, 2.24) is 0 Å². The summed E-state index contributed by atoms with van der Waals surface area (Å²) in [6.07, 6.45) is 1.51. The number of methoxy groups -OCH3 is 1. The third-order valence-electron chi connectivity index (χ3n) is 1.61. The van der Waals surface area contributed by atoms with Gasteiger partial charge in [0.2, 0.25) is 5.96 Å². The fourth-order valence-corrected chi connectivity index (χ4v) is 2.47. The Bertz CT molecular complexity index is 441. The van der Waals surface area contributed by atoms with Crippen LogP contribution >= 0.6 is 31.9 Å². The number of benzene rings is 1. The second-order valence-electron chi connectivity index (χ2n) is 2.78. The molecule has 1 aromatic carbocycles. The van der Waals surface area contributed by atoms with Gasteiger partial charge in [-0.25, -0.2) is 0 Å². The van der Waals surface area contributed by atoms with E-state index in [1.807, 2.05) is 12.1 Å². The van der Waals surface area contributed by atoms with Crippen LogP contribution in [0, 0.1) is 0 Å². The van der Waals surface area contributed by atoms with E-state index in [0.717, 1.165) is 14.5 Å². The monoisotopic (exact) mass is 348 g/mol. The van der Waals surface area contributed by atoms with E-state index in [1.165, 1.54) is 6.21 Å². The van der Waals surface area contributed by atoms with E-state index in [0.29, 0.717) is 5.75 Å². The second-order valence-corrected chi connectivity index (χ2v) is 4.55. The normalized spacial score (nSPS) is 10.4. The lowest BCUT2D eigenvalue weighted by Crippen LogP contribution is -2.21. The molecule has 7 heteroatoms. The van der Waals surface area contributed by atoms with Crippen LogP contribution in [0.2, 0.25) is 0 Å². The SMILES string of the molecule is COc1c(Br)cc(Br)cc1/C=N/N=C(N)N. The van der Waals surface area contributed by atoms with Crippen LogP contribution in [0.1, 0.15) is 5.56 Å². The molecule has 0 unspecified atom stereocenters. The number of nitrogens with zero attached hydrogens (tertiary/aromatic N) is 2. The fourth-order valence-electron chi connectivity index (χ4n) is 1.05. The van der Waals surface area contributed by atoms with Crippen molar-refractivity contribution in [2.75, 3.05) is 7.11 Å². The molecule has 5 nitrogen and oxygen atoms in total. The van der Waals surface area contributed by atoms with Crippen molar-refractivity contribution < 1.29 is 4.74 Å². The molecule has 16 heavy (non-hydrogen) atoms. The number of rotatable bonds is 3. The highest BCUT2D eigenvalue weighted by molar-refractivity contribution is 9.11. The molecule has 86 valence electrons. The van der Waals surface area contributed by atoms with Crippen LogP contribution in [-0.4, -0.2) is 19.3 Å². The average molecular weight is 350 g/mol. The van der Waals surface area contributed by atoms with E-state index in [1.54, 1.807) is 7.11 Å². The molecule has 0 spiro atoms. The molecular weight excluding hydrogens is 340 g/mol. The van der Waals surface area contributed by atoms with Gasteiger partial charge in [0.25, 0.3) is 0 Å². The zero-order valence-electron chi connectivity index (χ0n) is 8.45. The zero-order chi connectivity index (χ0) is 12.1. The Kier molecular flexibility index (Phi) is 4.75. The number of guanidine groups is 1. The van der Waals surface area contributed by atoms with Crippen LogP contribution < -0.4 is 16.2 Å². The topological polar surface area (TPSA) is 86.0 Å². The first kappa shape index (κ1) is 13.0. The first-order valence-electron chi connectivity index (χ1n) is 4.19. The summed E-state index contributed by atoms with van der Waals surface area (Å²) in [7, 11) is 1.58. The lowest BCUT2D eigenvalue weighted by Gasteiger charge is -2.07. The molecule has 0 amide bonds. The lowest BCUT2D eigenvalue weighted by atomic mass is 10.2. The number of nitrogens with two attached hydrogens (primary N) is 2. The van der Waals surface area contributed by atoms with E-state index in [9.17, 15) is 0 Å². The summed E-state index contributed by atoms with van der Waals surface area (Å²) in [5.41, 5.74) is 11.1. The first-order chi connectivity index (χ1) is 7.54. The summed E-state index contributed by atoms with van der Waals surface area (Å²) < 4.78 is 6.93. The summed E-state index contributed by atoms with van der Waals surface area (Å²) in [6.45, 7) is 0. The highest BCUT2D eigenvalue weighted by atomic mass is 79.9. The molecule has 0 atom stereocenters. The summed E-state index contributed by atoms with van der Waals surface area (Å²) in [5, 5.41) is 7.23. The number of ether oxygens (including phenoxy) is 1. The Morgan fingerprint density at radius 3 is 2.62 bits per heavy atom. The molecule has 0 heterocycles. The van der Waals surface area contributed by atoms with Gasteiger partial charge in [-0.3, -0.25) is 0 Å². The van der Waals surface area contributed by atoms with Crippen LogP contribution in [-0.2, 0) is 0 Å². The molecule has 0 aliphatic rings. The Morgan fingerprint density at radius 1 is 1.38 bits per heavy atom. The highest BCUT2D eigenvalue weighted by Crippen LogP contribution is 2.31. The van der Waals surface area contributed by atoms with E-state index >= 15 is 0 Å². The summed E-state index contributed by atoms with van der Waals surface area (Å²) >= 11 is 6.74. The third-order valence-corrected chi connectivity index (χ3v) is 2.66. The summed E-state index contributed by atoms with van der Waals surface area (Å²) in [5.74, 6) is 0.571. The summed E-state index contributed by atoms with van der Waals surface area (Å²) in [6, 6.07) is 3.71. The minimum Gasteiger partial charge on any atom is -0.495 e. The maximum Gasteiger partial charge on any atom is 0.211 e. The number of halogens is 2. The van der Waals surface area contributed by atoms with Gasteiger partial charge in [0, 0.05) is 10.0 Å². The smallest absolute Gasteiger partial charge is 0.211 e. The molecule has 1 rings (SSSR count). The van der Waals surface area contributed by atoms with Gasteiger partial charge in [0.1, 0.15) is 5.75 Å². The minimum atomic E-state index is -0.0933. The van der Waals surface area contributed by atoms with E-state index in [4.69, 9.17) is 16.2 Å². The van der Waals surface area contributed by atoms with Crippen molar-refractivity contribution in [2.45, 2.75) is 0 Å². The van der Waals surface area contributed by atoms with E-state index in [2.05, 4.69) is 42.1 Å². The number of hydrogen-bond donors (Lipinski definition) is 2. The molecule has 0 bridgehead atoms. The van der Waals surface area contributed by atoms with Crippen LogP contribution in [0.15, 0.2) is 31.3 Å². The average Bonchev–Trinajstić information content (AvgIpc) is 2.16. The van der Waals surface area contributed by atoms with Crippen molar-refractivity contribution in [3.05, 3.63) is 26.6 Å². The number of hydrogen-bond acceptors (Lipinski definition) is 3. The highest BCUT2D eigenvalue weighted by Gasteiger charge is 2.07. The van der Waals surface area contributed by atoms with Gasteiger partial charge in [0.15, 0.2) is 0 Å². The van der Waals surface area contributed by atoms with E-state index in [-0.39, 0.29) is 5.96 Å². The molecule has 0 aliphatic carbocycles. The van der Waals surface area contributed by atoms with Crippen molar-refractivity contribution in [3.63, 3.8) is 0 Å². The van der Waals surface area contributed by atoms with E-state index < -0.39 is 0 Å². The molecule has 1 aromatic rings. The van der Waals surface area contributed by atoms with Crippen LogP contribution in [0.3, 0.4) is 0 Å². The Morgan fingerprint density at radius 2 is 2.06 bits per heavy atom. The van der Waals surface area contributed by atoms with Gasteiger partial charge < -0.3 is 16.2 Å². The maximum atomic E-state index is 5.22. The summed E-state index contributed by atoms with van der Waals surface area (Å²) in [4.78, 5) is 0. The van der Waals surface area contributed by atoms with Crippen LogP contribution in [0.25, 0.3) is 0 Å². The quantitative estimate of drug-likeness (QED) is 0.496. The second kappa shape index (κ2) is 5.86. The van der Waals surface area contributed by atoms with Crippen molar-refractivity contribution >= 4 is 44.0 Å².